The lowest BCUT2D eigenvalue weighted by molar-refractivity contribution is 0.0657. The van der Waals surface area contributed by atoms with Gasteiger partial charge in [0.2, 0.25) is 0 Å². The summed E-state index contributed by atoms with van der Waals surface area (Å²) < 4.78 is 7.57. The van der Waals surface area contributed by atoms with Gasteiger partial charge < -0.3 is 15.4 Å². The van der Waals surface area contributed by atoms with Gasteiger partial charge in [-0.3, -0.25) is 4.68 Å². The Morgan fingerprint density at radius 3 is 2.56 bits per heavy atom. The van der Waals surface area contributed by atoms with Gasteiger partial charge in [-0.1, -0.05) is 24.3 Å². The predicted molar refractivity (Wildman–Crippen MR) is 121 cm³/mol. The zero-order valence-electron chi connectivity index (χ0n) is 16.5. The third-order valence-electron chi connectivity index (χ3n) is 3.79. The van der Waals surface area contributed by atoms with Crippen molar-refractivity contribution >= 4 is 29.9 Å². The van der Waals surface area contributed by atoms with Crippen LogP contribution in [0.1, 0.15) is 38.3 Å². The molecule has 0 amide bonds. The fraction of sp³-hybridized carbons (Fsp3) is 0.500. The first kappa shape index (κ1) is 23.4. The highest BCUT2D eigenvalue weighted by atomic mass is 127. The van der Waals surface area contributed by atoms with Gasteiger partial charge in [0.25, 0.3) is 0 Å². The molecule has 0 radical (unpaired) electrons. The molecule has 0 aliphatic rings. The zero-order chi connectivity index (χ0) is 18.6. The molecule has 0 spiro atoms. The number of hydrogen-bond donors (Lipinski definition) is 2. The van der Waals surface area contributed by atoms with Crippen LogP contribution in [-0.2, 0) is 24.4 Å². The lowest BCUT2D eigenvalue weighted by atomic mass is 10.1. The van der Waals surface area contributed by atoms with Crippen molar-refractivity contribution in [3.05, 3.63) is 53.9 Å². The van der Waals surface area contributed by atoms with Crippen LogP contribution in [0.25, 0.3) is 0 Å². The minimum atomic E-state index is 0. The third kappa shape index (κ3) is 9.76. The molecule has 0 aliphatic carbocycles. The van der Waals surface area contributed by atoms with Crippen LogP contribution in [0.4, 0.5) is 0 Å². The zero-order valence-corrected chi connectivity index (χ0v) is 18.8. The van der Waals surface area contributed by atoms with E-state index in [1.54, 1.807) is 6.20 Å². The van der Waals surface area contributed by atoms with Crippen molar-refractivity contribution in [3.8, 4) is 0 Å². The fourth-order valence-corrected chi connectivity index (χ4v) is 2.40. The van der Waals surface area contributed by atoms with Gasteiger partial charge in [-0.15, -0.1) is 24.0 Å². The molecule has 7 heteroatoms. The van der Waals surface area contributed by atoms with E-state index in [1.165, 1.54) is 11.1 Å². The van der Waals surface area contributed by atoms with Crippen molar-refractivity contribution in [1.29, 1.82) is 0 Å². The van der Waals surface area contributed by atoms with Crippen LogP contribution in [0.3, 0.4) is 0 Å². The molecular weight excluding hydrogens is 453 g/mol. The SMILES string of the molecule is CCNC(=NCc1ccc(COC(C)C)cc1)NCCCn1cccn1.I. The summed E-state index contributed by atoms with van der Waals surface area (Å²) in [5.74, 6) is 0.847. The van der Waals surface area contributed by atoms with E-state index >= 15 is 0 Å². The van der Waals surface area contributed by atoms with E-state index in [9.17, 15) is 0 Å². The predicted octanol–water partition coefficient (Wildman–Crippen LogP) is 3.57. The van der Waals surface area contributed by atoms with Crippen molar-refractivity contribution in [3.63, 3.8) is 0 Å². The number of ether oxygens (including phenoxy) is 1. The van der Waals surface area contributed by atoms with Gasteiger partial charge in [-0.25, -0.2) is 4.99 Å². The average Bonchev–Trinajstić information content (AvgIpc) is 3.15. The molecule has 0 aliphatic heterocycles. The van der Waals surface area contributed by atoms with E-state index in [4.69, 9.17) is 4.74 Å². The summed E-state index contributed by atoms with van der Waals surface area (Å²) in [7, 11) is 0. The van der Waals surface area contributed by atoms with Gasteiger partial charge in [0.1, 0.15) is 0 Å². The largest absolute Gasteiger partial charge is 0.374 e. The summed E-state index contributed by atoms with van der Waals surface area (Å²) in [5, 5.41) is 10.9. The second kappa shape index (κ2) is 13.5. The van der Waals surface area contributed by atoms with Crippen LogP contribution in [0.2, 0.25) is 0 Å². The van der Waals surface area contributed by atoms with Crippen molar-refractivity contribution < 1.29 is 4.74 Å². The summed E-state index contributed by atoms with van der Waals surface area (Å²) in [6, 6.07) is 10.4. The van der Waals surface area contributed by atoms with Crippen LogP contribution >= 0.6 is 24.0 Å². The van der Waals surface area contributed by atoms with Gasteiger partial charge in [0.15, 0.2) is 5.96 Å². The number of aromatic nitrogens is 2. The lowest BCUT2D eigenvalue weighted by Crippen LogP contribution is -2.38. The van der Waals surface area contributed by atoms with Crippen molar-refractivity contribution in [2.24, 2.45) is 4.99 Å². The molecule has 0 bridgehead atoms. The average molecular weight is 485 g/mol. The second-order valence-electron chi connectivity index (χ2n) is 6.42. The number of aryl methyl sites for hydroxylation is 1. The number of benzene rings is 1. The van der Waals surface area contributed by atoms with Gasteiger partial charge in [-0.2, -0.15) is 5.10 Å². The quantitative estimate of drug-likeness (QED) is 0.234. The Hall–Kier alpha value is -1.61. The molecule has 0 unspecified atom stereocenters. The van der Waals surface area contributed by atoms with E-state index in [1.807, 2.05) is 30.8 Å². The Balaban J connectivity index is 0.00000364. The topological polar surface area (TPSA) is 63.5 Å². The number of halogens is 1. The van der Waals surface area contributed by atoms with E-state index in [0.29, 0.717) is 13.2 Å². The van der Waals surface area contributed by atoms with E-state index in [-0.39, 0.29) is 30.1 Å². The Labute approximate surface area is 179 Å². The number of hydrogen-bond acceptors (Lipinski definition) is 3. The van der Waals surface area contributed by atoms with Gasteiger partial charge >= 0.3 is 0 Å². The number of aliphatic imine (C=N–C) groups is 1. The molecule has 2 N–H and O–H groups in total. The lowest BCUT2D eigenvalue weighted by Gasteiger charge is -2.11. The van der Waals surface area contributed by atoms with Gasteiger partial charge in [-0.05, 0) is 44.4 Å². The van der Waals surface area contributed by atoms with Crippen molar-refractivity contribution in [1.82, 2.24) is 20.4 Å². The number of nitrogens with one attached hydrogen (secondary N) is 2. The molecular formula is C20H32IN5O. The number of rotatable bonds is 10. The second-order valence-corrected chi connectivity index (χ2v) is 6.42. The van der Waals surface area contributed by atoms with Crippen LogP contribution in [0.15, 0.2) is 47.7 Å². The number of nitrogens with zero attached hydrogens (tertiary/aromatic N) is 3. The number of guanidine groups is 1. The Bertz CT molecular complexity index is 641. The molecule has 1 heterocycles. The molecule has 0 fully saturated rings. The first-order valence-electron chi connectivity index (χ1n) is 9.36. The van der Waals surface area contributed by atoms with E-state index in [0.717, 1.165) is 32.0 Å². The van der Waals surface area contributed by atoms with Crippen LogP contribution in [0, 0.1) is 0 Å². The van der Waals surface area contributed by atoms with Crippen LogP contribution in [0.5, 0.6) is 0 Å². The first-order valence-corrected chi connectivity index (χ1v) is 9.36. The molecule has 0 atom stereocenters. The highest BCUT2D eigenvalue weighted by Crippen LogP contribution is 2.08. The minimum absolute atomic E-state index is 0. The Morgan fingerprint density at radius 2 is 1.93 bits per heavy atom. The van der Waals surface area contributed by atoms with Crippen LogP contribution in [-0.4, -0.2) is 34.9 Å². The van der Waals surface area contributed by atoms with E-state index < -0.39 is 0 Å². The fourth-order valence-electron chi connectivity index (χ4n) is 2.40. The summed E-state index contributed by atoms with van der Waals surface area (Å²) >= 11 is 0. The summed E-state index contributed by atoms with van der Waals surface area (Å²) in [6.07, 6.45) is 5.03. The van der Waals surface area contributed by atoms with Gasteiger partial charge in [0.05, 0.1) is 19.3 Å². The maximum atomic E-state index is 5.63. The summed E-state index contributed by atoms with van der Waals surface area (Å²) in [5.41, 5.74) is 2.38. The molecule has 2 rings (SSSR count). The molecule has 0 saturated heterocycles. The minimum Gasteiger partial charge on any atom is -0.374 e. The molecule has 1 aromatic heterocycles. The molecule has 150 valence electrons. The molecule has 1 aromatic carbocycles. The Kier molecular flexibility index (Phi) is 11.8. The van der Waals surface area contributed by atoms with Gasteiger partial charge in [0, 0.05) is 32.0 Å². The third-order valence-corrected chi connectivity index (χ3v) is 3.79. The Morgan fingerprint density at radius 1 is 1.19 bits per heavy atom. The molecule has 6 nitrogen and oxygen atoms in total. The summed E-state index contributed by atoms with van der Waals surface area (Å²) in [6.45, 7) is 10.1. The normalized spacial score (nSPS) is 11.3. The van der Waals surface area contributed by atoms with Crippen molar-refractivity contribution in [2.75, 3.05) is 13.1 Å². The van der Waals surface area contributed by atoms with E-state index in [2.05, 4.69) is 51.9 Å². The maximum absolute atomic E-state index is 5.63. The summed E-state index contributed by atoms with van der Waals surface area (Å²) in [4.78, 5) is 4.66. The smallest absolute Gasteiger partial charge is 0.191 e. The first-order chi connectivity index (χ1) is 12.7. The van der Waals surface area contributed by atoms with Crippen LogP contribution < -0.4 is 10.6 Å². The molecule has 0 saturated carbocycles. The molecule has 2 aromatic rings. The molecule has 27 heavy (non-hydrogen) atoms. The standard InChI is InChI=1S/C20H31N5O.HI/c1-4-21-20(22-11-5-13-25-14-6-12-24-25)23-15-18-7-9-19(10-8-18)16-26-17(2)3;/h6-10,12,14,17H,4-5,11,13,15-16H2,1-3H3,(H2,21,22,23);1H. The maximum Gasteiger partial charge on any atom is 0.191 e. The highest BCUT2D eigenvalue weighted by Gasteiger charge is 2.00. The highest BCUT2D eigenvalue weighted by molar-refractivity contribution is 14.0. The van der Waals surface area contributed by atoms with Crippen molar-refractivity contribution in [2.45, 2.75) is 53.0 Å². The monoisotopic (exact) mass is 485 g/mol.